The molecule has 1 fully saturated rings. The smallest absolute Gasteiger partial charge is 0.332 e. The molecule has 19 heteroatoms. The number of anilines is 1. The van der Waals surface area contributed by atoms with Gasteiger partial charge in [-0.2, -0.15) is 58.1 Å². The maximum absolute atomic E-state index is 14.0. The van der Waals surface area contributed by atoms with Crippen molar-refractivity contribution in [2.24, 2.45) is 9.98 Å². The van der Waals surface area contributed by atoms with Crippen LogP contribution in [0.1, 0.15) is 16.7 Å². The van der Waals surface area contributed by atoms with Crippen LogP contribution in [0.15, 0.2) is 57.7 Å². The number of hydrogen-bond donors (Lipinski definition) is 2. The number of aliphatic imine (C=N–C) groups is 2. The molecule has 2 aliphatic heterocycles. The van der Waals surface area contributed by atoms with Gasteiger partial charge in [-0.15, -0.1) is 0 Å². The Bertz CT molecular complexity index is 1410. The number of hydrazine groups is 1. The molecule has 222 valence electrons. The van der Waals surface area contributed by atoms with Gasteiger partial charge in [0.05, 0.1) is 39.0 Å². The largest absolute Gasteiger partial charge is 0.449 e. The minimum absolute atomic E-state index is 0.0240. The number of allylic oxidation sites excluding steroid dienone is 1. The first-order valence-electron chi connectivity index (χ1n) is 10.7. The highest BCUT2D eigenvalue weighted by atomic mass is 35.5. The molecule has 41 heavy (non-hydrogen) atoms. The Morgan fingerprint density at radius 3 is 1.76 bits per heavy atom. The summed E-state index contributed by atoms with van der Waals surface area (Å²) in [6.07, 6.45) is -22.6. The van der Waals surface area contributed by atoms with Gasteiger partial charge in [0.2, 0.25) is 5.84 Å². The van der Waals surface area contributed by atoms with Crippen molar-refractivity contribution in [2.45, 2.75) is 37.4 Å². The summed E-state index contributed by atoms with van der Waals surface area (Å²) >= 11 is 12.0. The highest BCUT2D eigenvalue weighted by molar-refractivity contribution is 6.40. The molecule has 0 aromatic heterocycles. The van der Waals surface area contributed by atoms with E-state index >= 15 is 0 Å². The first-order chi connectivity index (χ1) is 18.7. The van der Waals surface area contributed by atoms with Gasteiger partial charge in [0.15, 0.2) is 5.84 Å². The predicted octanol–water partition coefficient (Wildman–Crippen LogP) is 7.66. The molecule has 5 nitrogen and oxygen atoms in total. The van der Waals surface area contributed by atoms with E-state index in [1.807, 2.05) is 0 Å². The van der Waals surface area contributed by atoms with Gasteiger partial charge >= 0.3 is 24.7 Å². The van der Waals surface area contributed by atoms with Crippen LogP contribution in [0, 0.1) is 0 Å². The van der Waals surface area contributed by atoms with Crippen molar-refractivity contribution in [3.05, 3.63) is 74.4 Å². The number of hydrogen-bond acceptors (Lipinski definition) is 4. The number of fused-ring (bicyclic) bond motifs is 1. The number of rotatable bonds is 3. The van der Waals surface area contributed by atoms with Gasteiger partial charge in [0, 0.05) is 0 Å². The molecule has 0 amide bonds. The summed E-state index contributed by atoms with van der Waals surface area (Å²) in [6.45, 7) is -0.626. The van der Waals surface area contributed by atoms with E-state index in [4.69, 9.17) is 23.2 Å². The molecule has 2 aromatic rings. The molecule has 2 aromatic carbocycles. The summed E-state index contributed by atoms with van der Waals surface area (Å²) in [5.41, 5.74) is -3.75. The molecule has 0 spiro atoms. The third-order valence-electron chi connectivity index (χ3n) is 5.56. The summed E-state index contributed by atoms with van der Waals surface area (Å²) in [5, 5.41) is 0.158. The molecule has 0 saturated carbocycles. The minimum Gasteiger partial charge on any atom is -0.332 e. The van der Waals surface area contributed by atoms with Crippen molar-refractivity contribution in [3.8, 4) is 0 Å². The molecule has 2 heterocycles. The summed E-state index contributed by atoms with van der Waals surface area (Å²) < 4.78 is 160. The van der Waals surface area contributed by atoms with Crippen molar-refractivity contribution in [1.29, 1.82) is 0 Å². The fraction of sp³-hybridized carbons (Fsp3) is 0.273. The standard InChI is InChI=1S/C22H11Cl2F12N5/c23-11-5-10(20(28,29)30)6-12(24)14(11)41-17(37-7-8-1-3-9(4-2-8)19(25,26)27)13-15(21(31,32)33)38-18(22(34,35)36)39-16(13)40-41/h1-6,16,40H,7H2,(H,38,39). The zero-order valence-corrected chi connectivity index (χ0v) is 20.9. The van der Waals surface area contributed by atoms with Crippen LogP contribution in [0.5, 0.6) is 0 Å². The maximum Gasteiger partial charge on any atom is 0.449 e. The fourth-order valence-electron chi connectivity index (χ4n) is 3.78. The molecule has 0 aliphatic carbocycles. The van der Waals surface area contributed by atoms with E-state index in [1.165, 1.54) is 5.32 Å². The summed E-state index contributed by atoms with van der Waals surface area (Å²) in [4.78, 5) is 7.16. The number of alkyl halides is 12. The van der Waals surface area contributed by atoms with Crippen molar-refractivity contribution in [1.82, 2.24) is 10.7 Å². The summed E-state index contributed by atoms with van der Waals surface area (Å²) in [7, 11) is 0. The normalized spacial score (nSPS) is 19.5. The topological polar surface area (TPSA) is 52.0 Å². The number of benzene rings is 2. The lowest BCUT2D eigenvalue weighted by Crippen LogP contribution is -2.47. The molecule has 2 aliphatic rings. The average molecular weight is 644 g/mol. The Kier molecular flexibility index (Phi) is 7.71. The van der Waals surface area contributed by atoms with Crippen molar-refractivity contribution >= 4 is 40.6 Å². The second-order valence-corrected chi connectivity index (χ2v) is 9.19. The van der Waals surface area contributed by atoms with E-state index in [2.05, 4.69) is 15.4 Å². The van der Waals surface area contributed by atoms with E-state index in [0.717, 1.165) is 12.1 Å². The van der Waals surface area contributed by atoms with Crippen LogP contribution in [0.3, 0.4) is 0 Å². The molecular formula is C22H11Cl2F12N5. The highest BCUT2D eigenvalue weighted by Crippen LogP contribution is 2.44. The first-order valence-corrected chi connectivity index (χ1v) is 11.5. The SMILES string of the molecule is FC(F)(F)C1=NC2NN(c3c(Cl)cc(C(F)(F)F)cc3Cl)C(=NCc3ccc(C(F)(F)F)cc3)C2=C(C(F)(F)F)N1. The monoisotopic (exact) mass is 643 g/mol. The Morgan fingerprint density at radius 1 is 0.756 bits per heavy atom. The van der Waals surface area contributed by atoms with Gasteiger partial charge in [-0.05, 0) is 29.8 Å². The van der Waals surface area contributed by atoms with Gasteiger partial charge in [-0.25, -0.2) is 4.99 Å². The van der Waals surface area contributed by atoms with Gasteiger partial charge in [-0.3, -0.25) is 10.0 Å². The molecule has 0 radical (unpaired) electrons. The van der Waals surface area contributed by atoms with Crippen LogP contribution >= 0.6 is 23.2 Å². The lowest BCUT2D eigenvalue weighted by Gasteiger charge is -2.25. The van der Waals surface area contributed by atoms with Gasteiger partial charge in [-0.1, -0.05) is 35.3 Å². The average Bonchev–Trinajstić information content (AvgIpc) is 3.17. The lowest BCUT2D eigenvalue weighted by molar-refractivity contribution is -0.138. The molecule has 4 rings (SSSR count). The lowest BCUT2D eigenvalue weighted by atomic mass is 10.1. The second-order valence-electron chi connectivity index (χ2n) is 8.37. The second kappa shape index (κ2) is 10.3. The molecule has 0 bridgehead atoms. The number of amidine groups is 2. The van der Waals surface area contributed by atoms with Crippen LogP contribution < -0.4 is 15.8 Å². The number of halogens is 14. The molecule has 1 saturated heterocycles. The maximum atomic E-state index is 14.0. The van der Waals surface area contributed by atoms with E-state index < -0.39 is 87.2 Å². The Hall–Kier alpha value is -3.18. The number of nitrogens with one attached hydrogen (secondary N) is 2. The zero-order chi connectivity index (χ0) is 30.7. The zero-order valence-electron chi connectivity index (χ0n) is 19.4. The molecule has 1 unspecified atom stereocenters. The van der Waals surface area contributed by atoms with E-state index in [0.29, 0.717) is 29.3 Å². The van der Waals surface area contributed by atoms with Crippen molar-refractivity contribution in [3.63, 3.8) is 0 Å². The molecular weight excluding hydrogens is 633 g/mol. The van der Waals surface area contributed by atoms with Crippen molar-refractivity contribution < 1.29 is 52.7 Å². The molecule has 1 atom stereocenters. The minimum atomic E-state index is -5.46. The van der Waals surface area contributed by atoms with E-state index in [1.54, 1.807) is 0 Å². The Labute approximate surface area is 231 Å². The highest BCUT2D eigenvalue weighted by Gasteiger charge is 2.52. The predicted molar refractivity (Wildman–Crippen MR) is 123 cm³/mol. The number of nitrogens with zero attached hydrogens (tertiary/aromatic N) is 3. The first kappa shape index (κ1) is 30.8. The Morgan fingerprint density at radius 2 is 1.29 bits per heavy atom. The molecule has 2 N–H and O–H groups in total. The van der Waals surface area contributed by atoms with Crippen LogP contribution in [0.4, 0.5) is 58.4 Å². The van der Waals surface area contributed by atoms with Crippen LogP contribution in [-0.4, -0.2) is 30.2 Å². The van der Waals surface area contributed by atoms with Gasteiger partial charge < -0.3 is 5.32 Å². The van der Waals surface area contributed by atoms with E-state index in [-0.39, 0.29) is 5.56 Å². The van der Waals surface area contributed by atoms with Gasteiger partial charge in [0.1, 0.15) is 11.9 Å². The third-order valence-corrected chi connectivity index (χ3v) is 6.14. The quantitative estimate of drug-likeness (QED) is 0.338. The van der Waals surface area contributed by atoms with Crippen molar-refractivity contribution in [2.75, 3.05) is 5.01 Å². The van der Waals surface area contributed by atoms with Crippen LogP contribution in [0.25, 0.3) is 0 Å². The van der Waals surface area contributed by atoms with Gasteiger partial charge in [0.25, 0.3) is 0 Å². The third kappa shape index (κ3) is 6.35. The van der Waals surface area contributed by atoms with Crippen LogP contribution in [-0.2, 0) is 18.9 Å². The summed E-state index contributed by atoms with van der Waals surface area (Å²) in [6, 6.07) is 3.98. The van der Waals surface area contributed by atoms with E-state index in [9.17, 15) is 52.7 Å². The Balaban J connectivity index is 1.89. The summed E-state index contributed by atoms with van der Waals surface area (Å²) in [5.74, 6) is -2.86. The fourth-order valence-corrected chi connectivity index (χ4v) is 4.44. The van der Waals surface area contributed by atoms with Crippen LogP contribution in [0.2, 0.25) is 10.0 Å².